The highest BCUT2D eigenvalue weighted by atomic mass is 16.5. The molecule has 0 saturated carbocycles. The average molecular weight is 501 g/mol. The summed E-state index contributed by atoms with van der Waals surface area (Å²) in [6, 6.07) is 3.98. The van der Waals surface area contributed by atoms with E-state index >= 15 is 0 Å². The highest BCUT2D eigenvalue weighted by molar-refractivity contribution is 5.96. The molecule has 1 amide bonds. The molecule has 10 nitrogen and oxygen atoms in total. The number of aryl methyl sites for hydroxylation is 2. The van der Waals surface area contributed by atoms with Crippen molar-refractivity contribution in [3.05, 3.63) is 70.4 Å². The summed E-state index contributed by atoms with van der Waals surface area (Å²) in [6.07, 6.45) is 9.30. The minimum Gasteiger partial charge on any atom is -0.383 e. The molecule has 10 heteroatoms. The number of carbonyl (C=O) groups excluding carboxylic acids is 1. The van der Waals surface area contributed by atoms with Crippen LogP contribution in [0.2, 0.25) is 0 Å². The first kappa shape index (κ1) is 24.6. The smallest absolute Gasteiger partial charge is 0.255 e. The van der Waals surface area contributed by atoms with Gasteiger partial charge in [0, 0.05) is 56.3 Å². The average Bonchev–Trinajstić information content (AvgIpc) is 3.56. The van der Waals surface area contributed by atoms with E-state index in [2.05, 4.69) is 30.3 Å². The Morgan fingerprint density at radius 2 is 1.86 bits per heavy atom. The molecule has 1 fully saturated rings. The second kappa shape index (κ2) is 10.5. The number of nitrogen functional groups attached to an aromatic ring is 1. The molecule has 1 aliphatic heterocycles. The van der Waals surface area contributed by atoms with Crippen LogP contribution in [0.3, 0.4) is 0 Å². The standard InChI is InChI=1S/C27H32N8O2/c1-17-10-21-20(6-7-29-25(21)28)18(2)22(17)13-30-26(36)23-14-33-35(24(23)16-37-3)15-19-11-31-27(32-12-19)34-8-4-5-9-34/h6-7,10-12,14H,4-5,8-9,13,15-16H2,1-3H3,(H2,28,29)(H,30,36). The summed E-state index contributed by atoms with van der Waals surface area (Å²) >= 11 is 0. The Kier molecular flexibility index (Phi) is 7.00. The fourth-order valence-corrected chi connectivity index (χ4v) is 4.97. The molecule has 0 aliphatic carbocycles. The zero-order chi connectivity index (χ0) is 25.9. The van der Waals surface area contributed by atoms with Crippen molar-refractivity contribution in [1.29, 1.82) is 0 Å². The Morgan fingerprint density at radius 1 is 1.11 bits per heavy atom. The van der Waals surface area contributed by atoms with Crippen LogP contribution in [0.5, 0.6) is 0 Å². The number of rotatable bonds is 8. The van der Waals surface area contributed by atoms with Gasteiger partial charge in [-0.3, -0.25) is 9.48 Å². The van der Waals surface area contributed by atoms with Gasteiger partial charge in [0.15, 0.2) is 0 Å². The third-order valence-electron chi connectivity index (χ3n) is 7.03. The molecule has 0 bridgehead atoms. The normalized spacial score (nSPS) is 13.4. The number of nitrogens with zero attached hydrogens (tertiary/aromatic N) is 6. The molecular formula is C27H32N8O2. The molecule has 1 aliphatic rings. The van der Waals surface area contributed by atoms with E-state index in [1.165, 1.54) is 12.8 Å². The van der Waals surface area contributed by atoms with Gasteiger partial charge in [-0.1, -0.05) is 0 Å². The van der Waals surface area contributed by atoms with Crippen LogP contribution in [0.4, 0.5) is 11.8 Å². The number of methoxy groups -OCH3 is 1. The zero-order valence-corrected chi connectivity index (χ0v) is 21.5. The molecule has 5 rings (SSSR count). The van der Waals surface area contributed by atoms with Gasteiger partial charge in [0.1, 0.15) is 5.82 Å². The van der Waals surface area contributed by atoms with Gasteiger partial charge in [-0.15, -0.1) is 0 Å². The van der Waals surface area contributed by atoms with Crippen LogP contribution in [0, 0.1) is 13.8 Å². The molecule has 0 radical (unpaired) electrons. The number of hydrogen-bond acceptors (Lipinski definition) is 8. The molecular weight excluding hydrogens is 468 g/mol. The Morgan fingerprint density at radius 3 is 2.59 bits per heavy atom. The summed E-state index contributed by atoms with van der Waals surface area (Å²) in [5, 5.41) is 9.51. The summed E-state index contributed by atoms with van der Waals surface area (Å²) in [5.74, 6) is 1.07. The molecule has 1 aromatic carbocycles. The molecule has 0 spiro atoms. The van der Waals surface area contributed by atoms with Gasteiger partial charge in [-0.25, -0.2) is 15.0 Å². The van der Waals surface area contributed by atoms with E-state index in [-0.39, 0.29) is 12.5 Å². The van der Waals surface area contributed by atoms with E-state index in [1.807, 2.05) is 38.4 Å². The topological polar surface area (TPSA) is 124 Å². The van der Waals surface area contributed by atoms with Crippen LogP contribution in [0.25, 0.3) is 10.8 Å². The van der Waals surface area contributed by atoms with Gasteiger partial charge in [-0.2, -0.15) is 5.10 Å². The first-order chi connectivity index (χ1) is 18.0. The number of carbonyl (C=O) groups is 1. The Balaban J connectivity index is 1.32. The molecule has 4 heterocycles. The fraction of sp³-hybridized carbons (Fsp3) is 0.370. The number of anilines is 2. The van der Waals surface area contributed by atoms with Crippen LogP contribution in [0.1, 0.15) is 51.1 Å². The van der Waals surface area contributed by atoms with Crippen molar-refractivity contribution in [2.45, 2.75) is 46.4 Å². The van der Waals surface area contributed by atoms with E-state index in [4.69, 9.17) is 10.5 Å². The summed E-state index contributed by atoms with van der Waals surface area (Å²) in [5.41, 5.74) is 11.4. The van der Waals surface area contributed by atoms with Gasteiger partial charge in [0.05, 0.1) is 30.6 Å². The minimum absolute atomic E-state index is 0.202. The maximum atomic E-state index is 13.2. The summed E-state index contributed by atoms with van der Waals surface area (Å²) in [7, 11) is 1.61. The van der Waals surface area contributed by atoms with Gasteiger partial charge in [0.25, 0.3) is 5.91 Å². The molecule has 0 unspecified atom stereocenters. The summed E-state index contributed by atoms with van der Waals surface area (Å²) in [6.45, 7) is 7.16. The van der Waals surface area contributed by atoms with Crippen molar-refractivity contribution >= 4 is 28.4 Å². The Hall–Kier alpha value is -4.05. The van der Waals surface area contributed by atoms with Crippen molar-refractivity contribution in [3.8, 4) is 0 Å². The van der Waals surface area contributed by atoms with Crippen LogP contribution < -0.4 is 16.0 Å². The van der Waals surface area contributed by atoms with Gasteiger partial charge >= 0.3 is 0 Å². The predicted molar refractivity (Wildman–Crippen MR) is 142 cm³/mol. The van der Waals surface area contributed by atoms with Crippen molar-refractivity contribution in [2.75, 3.05) is 30.8 Å². The fourth-order valence-electron chi connectivity index (χ4n) is 4.97. The van der Waals surface area contributed by atoms with Crippen LogP contribution in [0.15, 0.2) is 36.9 Å². The third-order valence-corrected chi connectivity index (χ3v) is 7.03. The quantitative estimate of drug-likeness (QED) is 0.378. The van der Waals surface area contributed by atoms with Gasteiger partial charge in [0.2, 0.25) is 5.95 Å². The zero-order valence-electron chi connectivity index (χ0n) is 21.5. The second-order valence-electron chi connectivity index (χ2n) is 9.45. The lowest BCUT2D eigenvalue weighted by molar-refractivity contribution is 0.0945. The van der Waals surface area contributed by atoms with Crippen molar-refractivity contribution < 1.29 is 9.53 Å². The monoisotopic (exact) mass is 500 g/mol. The van der Waals surface area contributed by atoms with E-state index in [9.17, 15) is 4.79 Å². The lowest BCUT2D eigenvalue weighted by atomic mass is 9.96. The number of ether oxygens (including phenoxy) is 1. The molecule has 3 aromatic heterocycles. The predicted octanol–water partition coefficient (Wildman–Crippen LogP) is 3.15. The van der Waals surface area contributed by atoms with Crippen molar-refractivity contribution in [3.63, 3.8) is 0 Å². The molecule has 1 saturated heterocycles. The van der Waals surface area contributed by atoms with E-state index in [1.54, 1.807) is 24.2 Å². The number of hydrogen-bond donors (Lipinski definition) is 2. The molecule has 0 atom stereocenters. The highest BCUT2D eigenvalue weighted by Gasteiger charge is 2.20. The van der Waals surface area contributed by atoms with Crippen molar-refractivity contribution in [2.24, 2.45) is 0 Å². The molecule has 4 aromatic rings. The van der Waals surface area contributed by atoms with E-state index in [0.717, 1.165) is 52.1 Å². The number of nitrogens with one attached hydrogen (secondary N) is 1. The number of amides is 1. The second-order valence-corrected chi connectivity index (χ2v) is 9.45. The largest absolute Gasteiger partial charge is 0.383 e. The number of fused-ring (bicyclic) bond motifs is 1. The summed E-state index contributed by atoms with van der Waals surface area (Å²) in [4.78, 5) is 28.7. The molecule has 192 valence electrons. The van der Waals surface area contributed by atoms with Gasteiger partial charge in [-0.05, 0) is 60.9 Å². The Bertz CT molecular complexity index is 1420. The highest BCUT2D eigenvalue weighted by Crippen LogP contribution is 2.28. The number of benzene rings is 1. The first-order valence-electron chi connectivity index (χ1n) is 12.5. The van der Waals surface area contributed by atoms with Crippen LogP contribution >= 0.6 is 0 Å². The van der Waals surface area contributed by atoms with Crippen LogP contribution in [-0.2, 0) is 24.4 Å². The van der Waals surface area contributed by atoms with Crippen LogP contribution in [-0.4, -0.2) is 50.8 Å². The maximum absolute atomic E-state index is 13.2. The summed E-state index contributed by atoms with van der Waals surface area (Å²) < 4.78 is 7.18. The third kappa shape index (κ3) is 4.97. The number of pyridine rings is 1. The van der Waals surface area contributed by atoms with Gasteiger partial charge < -0.3 is 20.7 Å². The van der Waals surface area contributed by atoms with E-state index in [0.29, 0.717) is 30.2 Å². The Labute approximate surface area is 215 Å². The number of aromatic nitrogens is 5. The lowest BCUT2D eigenvalue weighted by Gasteiger charge is -2.15. The molecule has 3 N–H and O–H groups in total. The maximum Gasteiger partial charge on any atom is 0.255 e. The minimum atomic E-state index is -0.202. The molecule has 37 heavy (non-hydrogen) atoms. The van der Waals surface area contributed by atoms with Crippen molar-refractivity contribution in [1.82, 2.24) is 30.0 Å². The number of nitrogens with two attached hydrogens (primary N) is 1. The van der Waals surface area contributed by atoms with E-state index < -0.39 is 0 Å². The SMILES string of the molecule is COCc1c(C(=O)NCc2c(C)cc3c(N)nccc3c2C)cnn1Cc1cnc(N2CCCC2)nc1. The first-order valence-corrected chi connectivity index (χ1v) is 12.5. The lowest BCUT2D eigenvalue weighted by Crippen LogP contribution is -2.25.